The smallest absolute Gasteiger partial charge is 0.243 e. The van der Waals surface area contributed by atoms with E-state index in [0.29, 0.717) is 36.7 Å². The van der Waals surface area contributed by atoms with E-state index >= 15 is 0 Å². The highest BCUT2D eigenvalue weighted by molar-refractivity contribution is 7.89. The lowest BCUT2D eigenvalue weighted by atomic mass is 9.97. The van der Waals surface area contributed by atoms with Gasteiger partial charge in [-0.2, -0.15) is 8.61 Å². The van der Waals surface area contributed by atoms with E-state index < -0.39 is 20.0 Å². The SMILES string of the molecule is O=C(NCCOc1ccc(S(=O)(=O)N2CCCC2)cc1)C1CCN(S(=O)(=O)c2ccc(Cl)cc2)CC1. The summed E-state index contributed by atoms with van der Waals surface area (Å²) in [6.07, 6.45) is 2.64. The monoisotopic (exact) mass is 555 g/mol. The fourth-order valence-electron chi connectivity index (χ4n) is 4.39. The molecule has 0 aromatic heterocycles. The summed E-state index contributed by atoms with van der Waals surface area (Å²) in [5.41, 5.74) is 0. The number of amides is 1. The summed E-state index contributed by atoms with van der Waals surface area (Å²) in [6.45, 7) is 2.16. The summed E-state index contributed by atoms with van der Waals surface area (Å²) in [5.74, 6) is 0.122. The van der Waals surface area contributed by atoms with E-state index in [2.05, 4.69) is 5.32 Å². The van der Waals surface area contributed by atoms with Crippen molar-refractivity contribution in [1.29, 1.82) is 0 Å². The molecule has 196 valence electrons. The normalized spacial score (nSPS) is 18.2. The summed E-state index contributed by atoms with van der Waals surface area (Å²) in [5, 5.41) is 3.31. The predicted molar refractivity (Wildman–Crippen MR) is 136 cm³/mol. The van der Waals surface area contributed by atoms with Gasteiger partial charge in [0.15, 0.2) is 0 Å². The molecule has 4 rings (SSSR count). The Morgan fingerprint density at radius 3 is 1.89 bits per heavy atom. The second-order valence-corrected chi connectivity index (χ2v) is 13.2. The van der Waals surface area contributed by atoms with Crippen molar-refractivity contribution in [2.45, 2.75) is 35.5 Å². The van der Waals surface area contributed by atoms with Gasteiger partial charge >= 0.3 is 0 Å². The lowest BCUT2D eigenvalue weighted by Gasteiger charge is -2.30. The maximum atomic E-state index is 12.8. The van der Waals surface area contributed by atoms with Crippen molar-refractivity contribution in [3.63, 3.8) is 0 Å². The van der Waals surface area contributed by atoms with Gasteiger partial charge in [0.25, 0.3) is 0 Å². The van der Waals surface area contributed by atoms with Gasteiger partial charge in [0, 0.05) is 37.1 Å². The Balaban J connectivity index is 1.19. The molecule has 0 saturated carbocycles. The number of nitrogens with zero attached hydrogens (tertiary/aromatic N) is 2. The molecule has 12 heteroatoms. The minimum atomic E-state index is -3.61. The maximum absolute atomic E-state index is 12.8. The molecule has 0 bridgehead atoms. The van der Waals surface area contributed by atoms with Gasteiger partial charge in [0.05, 0.1) is 16.3 Å². The molecule has 0 radical (unpaired) electrons. The number of hydrogen-bond acceptors (Lipinski definition) is 6. The number of carbonyl (C=O) groups excluding carboxylic acids is 1. The average molecular weight is 556 g/mol. The molecule has 2 heterocycles. The maximum Gasteiger partial charge on any atom is 0.243 e. The topological polar surface area (TPSA) is 113 Å². The zero-order chi connectivity index (χ0) is 25.8. The van der Waals surface area contributed by atoms with Crippen molar-refractivity contribution in [2.75, 3.05) is 39.3 Å². The summed E-state index contributed by atoms with van der Waals surface area (Å²) in [7, 11) is -7.07. The largest absolute Gasteiger partial charge is 0.492 e. The molecule has 2 aliphatic rings. The Hall–Kier alpha value is -2.18. The fourth-order valence-corrected chi connectivity index (χ4v) is 7.50. The van der Waals surface area contributed by atoms with E-state index in [1.807, 2.05) is 0 Å². The van der Waals surface area contributed by atoms with Crippen molar-refractivity contribution < 1.29 is 26.4 Å². The molecule has 1 amide bonds. The third-order valence-corrected chi connectivity index (χ3v) is 10.6. The third kappa shape index (κ3) is 6.20. The molecule has 0 atom stereocenters. The molecule has 2 saturated heterocycles. The van der Waals surface area contributed by atoms with Crippen LogP contribution in [0.5, 0.6) is 5.75 Å². The molecule has 2 fully saturated rings. The minimum Gasteiger partial charge on any atom is -0.492 e. The molecule has 0 aliphatic carbocycles. The van der Waals surface area contributed by atoms with Crippen LogP contribution in [0.4, 0.5) is 0 Å². The van der Waals surface area contributed by atoms with Gasteiger partial charge in [-0.15, -0.1) is 0 Å². The number of rotatable bonds is 9. The van der Waals surface area contributed by atoms with E-state index in [1.54, 1.807) is 24.3 Å². The lowest BCUT2D eigenvalue weighted by molar-refractivity contribution is -0.126. The van der Waals surface area contributed by atoms with Crippen molar-refractivity contribution in [1.82, 2.24) is 13.9 Å². The van der Waals surface area contributed by atoms with Gasteiger partial charge < -0.3 is 10.1 Å². The number of halogens is 1. The third-order valence-electron chi connectivity index (χ3n) is 6.47. The molecule has 36 heavy (non-hydrogen) atoms. The Labute approximate surface area is 217 Å². The van der Waals surface area contributed by atoms with Gasteiger partial charge in [-0.05, 0) is 74.2 Å². The summed E-state index contributed by atoms with van der Waals surface area (Å²) < 4.78 is 59.3. The van der Waals surface area contributed by atoms with Crippen molar-refractivity contribution in [3.8, 4) is 5.75 Å². The summed E-state index contributed by atoms with van der Waals surface area (Å²) in [6, 6.07) is 12.3. The first kappa shape index (κ1) is 26.9. The second-order valence-electron chi connectivity index (χ2n) is 8.85. The minimum absolute atomic E-state index is 0.130. The number of piperidine rings is 1. The zero-order valence-corrected chi connectivity index (χ0v) is 22.2. The zero-order valence-electron chi connectivity index (χ0n) is 19.8. The lowest BCUT2D eigenvalue weighted by Crippen LogP contribution is -2.43. The molecule has 2 aromatic rings. The quantitative estimate of drug-likeness (QED) is 0.476. The highest BCUT2D eigenvalue weighted by atomic mass is 35.5. The summed E-state index contributed by atoms with van der Waals surface area (Å²) >= 11 is 5.85. The molecule has 9 nitrogen and oxygen atoms in total. The molecular weight excluding hydrogens is 526 g/mol. The van der Waals surface area contributed by atoms with E-state index in [-0.39, 0.29) is 47.9 Å². The Morgan fingerprint density at radius 2 is 1.33 bits per heavy atom. The molecule has 2 aromatic carbocycles. The van der Waals surface area contributed by atoms with Crippen LogP contribution in [-0.4, -0.2) is 70.7 Å². The van der Waals surface area contributed by atoms with Crippen molar-refractivity contribution in [3.05, 3.63) is 53.6 Å². The molecule has 0 spiro atoms. The second kappa shape index (κ2) is 11.5. The van der Waals surface area contributed by atoms with Crippen LogP contribution in [0.2, 0.25) is 5.02 Å². The first-order chi connectivity index (χ1) is 17.2. The standard InChI is InChI=1S/C24H30ClN3O6S2/c25-20-3-7-22(8-4-20)36(32,33)28-16-11-19(12-17-28)24(29)26-13-18-34-21-5-9-23(10-6-21)35(30,31)27-14-1-2-15-27/h3-10,19H,1-2,11-18H2,(H,26,29). The average Bonchev–Trinajstić information content (AvgIpc) is 3.43. The Bertz CT molecular complexity index is 1250. The van der Waals surface area contributed by atoms with Crippen LogP contribution >= 0.6 is 11.6 Å². The molecule has 1 N–H and O–H groups in total. The van der Waals surface area contributed by atoms with Crippen LogP contribution in [0.1, 0.15) is 25.7 Å². The van der Waals surface area contributed by atoms with Crippen molar-refractivity contribution in [2.24, 2.45) is 5.92 Å². The number of benzene rings is 2. The molecule has 0 unspecified atom stereocenters. The van der Waals surface area contributed by atoms with Gasteiger partial charge in [0.2, 0.25) is 26.0 Å². The summed E-state index contributed by atoms with van der Waals surface area (Å²) in [4.78, 5) is 13.0. The van der Waals surface area contributed by atoms with E-state index in [9.17, 15) is 21.6 Å². The highest BCUT2D eigenvalue weighted by Gasteiger charge is 2.32. The Kier molecular flexibility index (Phi) is 8.56. The van der Waals surface area contributed by atoms with Crippen LogP contribution in [-0.2, 0) is 24.8 Å². The van der Waals surface area contributed by atoms with Crippen molar-refractivity contribution >= 4 is 37.6 Å². The van der Waals surface area contributed by atoms with E-state index in [0.717, 1.165) is 12.8 Å². The fraction of sp³-hybridized carbons (Fsp3) is 0.458. The van der Waals surface area contributed by atoms with Gasteiger partial charge in [-0.3, -0.25) is 4.79 Å². The van der Waals surface area contributed by atoms with Gasteiger partial charge in [-0.1, -0.05) is 11.6 Å². The van der Waals surface area contributed by atoms with Crippen LogP contribution in [0.3, 0.4) is 0 Å². The predicted octanol–water partition coefficient (Wildman–Crippen LogP) is 2.72. The van der Waals surface area contributed by atoms with Gasteiger partial charge in [0.1, 0.15) is 12.4 Å². The number of ether oxygens (including phenoxy) is 1. The number of carbonyl (C=O) groups is 1. The molecular formula is C24H30ClN3O6S2. The number of hydrogen-bond donors (Lipinski definition) is 1. The highest BCUT2D eigenvalue weighted by Crippen LogP contribution is 2.25. The van der Waals surface area contributed by atoms with Crippen LogP contribution < -0.4 is 10.1 Å². The number of nitrogens with one attached hydrogen (secondary N) is 1. The Morgan fingerprint density at radius 1 is 0.833 bits per heavy atom. The van der Waals surface area contributed by atoms with Crippen LogP contribution in [0, 0.1) is 5.92 Å². The van der Waals surface area contributed by atoms with Gasteiger partial charge in [-0.25, -0.2) is 16.8 Å². The molecule has 2 aliphatic heterocycles. The first-order valence-electron chi connectivity index (χ1n) is 11.9. The first-order valence-corrected chi connectivity index (χ1v) is 15.2. The van der Waals surface area contributed by atoms with E-state index in [1.165, 1.54) is 32.9 Å². The van der Waals surface area contributed by atoms with E-state index in [4.69, 9.17) is 16.3 Å². The van der Waals surface area contributed by atoms with Crippen LogP contribution in [0.15, 0.2) is 58.3 Å². The number of sulfonamides is 2. The van der Waals surface area contributed by atoms with Crippen LogP contribution in [0.25, 0.3) is 0 Å².